The van der Waals surface area contributed by atoms with E-state index in [0.29, 0.717) is 30.9 Å². The quantitative estimate of drug-likeness (QED) is 0.264. The van der Waals surface area contributed by atoms with Gasteiger partial charge in [0.2, 0.25) is 0 Å². The van der Waals surface area contributed by atoms with Gasteiger partial charge in [0.25, 0.3) is 5.91 Å². The molecule has 41 heavy (non-hydrogen) atoms. The highest BCUT2D eigenvalue weighted by molar-refractivity contribution is 7.98. The zero-order chi connectivity index (χ0) is 29.4. The van der Waals surface area contributed by atoms with Gasteiger partial charge in [-0.15, -0.1) is 0 Å². The molecule has 4 rings (SSSR count). The number of ether oxygens (including phenoxy) is 2. The van der Waals surface area contributed by atoms with Gasteiger partial charge >= 0.3 is 5.97 Å². The average Bonchev–Trinajstić information content (AvgIpc) is 3.40. The molecule has 218 valence electrons. The number of likely N-dealkylation sites (tertiary alicyclic amines) is 1. The Balaban J connectivity index is 1.56. The van der Waals surface area contributed by atoms with E-state index in [2.05, 4.69) is 10.2 Å². The van der Waals surface area contributed by atoms with Crippen LogP contribution < -0.4 is 10.1 Å². The topological polar surface area (TPSA) is 67.9 Å². The summed E-state index contributed by atoms with van der Waals surface area (Å²) in [6.45, 7) is 3.82. The van der Waals surface area contributed by atoms with Gasteiger partial charge in [-0.3, -0.25) is 9.69 Å². The van der Waals surface area contributed by atoms with E-state index >= 15 is 0 Å². The largest absolute Gasteiger partial charge is 0.492 e. The van der Waals surface area contributed by atoms with Crippen LogP contribution in [-0.4, -0.2) is 61.1 Å². The molecule has 0 radical (unpaired) electrons. The lowest BCUT2D eigenvalue weighted by molar-refractivity contribution is -0.142. The van der Waals surface area contributed by atoms with Gasteiger partial charge in [0.05, 0.1) is 7.11 Å². The number of carbonyl (C=O) groups excluding carboxylic acids is 2. The summed E-state index contributed by atoms with van der Waals surface area (Å²) in [5, 5.41) is 2.88. The van der Waals surface area contributed by atoms with Gasteiger partial charge in [-0.25, -0.2) is 13.6 Å². The SMILES string of the molecule is COC(=O)[C@H](CCSC)NC(=O)c1ccc(CN2CCC[C@H]2COc2cc(F)cc(F)c2)cc1-c1ccccc1C. The Bertz CT molecular complexity index is 1350. The predicted octanol–water partition coefficient (Wildman–Crippen LogP) is 6.01. The number of thioether (sulfide) groups is 1. The Morgan fingerprint density at radius 1 is 1.07 bits per heavy atom. The molecule has 0 aromatic heterocycles. The number of amides is 1. The third kappa shape index (κ3) is 8.07. The molecule has 1 saturated heterocycles. The Labute approximate surface area is 244 Å². The Kier molecular flexibility index (Phi) is 10.8. The molecule has 0 aliphatic carbocycles. The van der Waals surface area contributed by atoms with Gasteiger partial charge in [-0.2, -0.15) is 11.8 Å². The van der Waals surface area contributed by atoms with Gasteiger partial charge in [0, 0.05) is 36.3 Å². The second-order valence-corrected chi connectivity index (χ2v) is 11.2. The summed E-state index contributed by atoms with van der Waals surface area (Å²) in [7, 11) is 1.32. The summed E-state index contributed by atoms with van der Waals surface area (Å²) in [4.78, 5) is 28.2. The van der Waals surface area contributed by atoms with Gasteiger partial charge < -0.3 is 14.8 Å². The van der Waals surface area contributed by atoms with Crippen molar-refractivity contribution in [2.24, 2.45) is 0 Å². The number of hydrogen-bond donors (Lipinski definition) is 1. The number of nitrogens with zero attached hydrogens (tertiary/aromatic N) is 1. The molecule has 0 unspecified atom stereocenters. The maximum Gasteiger partial charge on any atom is 0.328 e. The molecular formula is C32H36F2N2O4S. The van der Waals surface area contributed by atoms with Crippen molar-refractivity contribution >= 4 is 23.6 Å². The second kappa shape index (κ2) is 14.5. The second-order valence-electron chi connectivity index (χ2n) is 10.2. The number of nitrogens with one attached hydrogen (secondary N) is 1. The molecule has 0 bridgehead atoms. The summed E-state index contributed by atoms with van der Waals surface area (Å²) in [6, 6.07) is 16.2. The van der Waals surface area contributed by atoms with Crippen LogP contribution in [0.1, 0.15) is 40.7 Å². The van der Waals surface area contributed by atoms with Crippen LogP contribution in [0.15, 0.2) is 60.7 Å². The fourth-order valence-corrected chi connectivity index (χ4v) is 5.65. The van der Waals surface area contributed by atoms with Crippen LogP contribution in [0.5, 0.6) is 5.75 Å². The lowest BCUT2D eigenvalue weighted by Gasteiger charge is -2.25. The number of rotatable bonds is 12. The molecule has 0 saturated carbocycles. The van der Waals surface area contributed by atoms with Crippen molar-refractivity contribution in [1.82, 2.24) is 10.2 Å². The zero-order valence-electron chi connectivity index (χ0n) is 23.6. The first-order chi connectivity index (χ1) is 19.8. The number of aryl methyl sites for hydroxylation is 1. The standard InChI is InChI=1S/C32H36F2N2O4S/c1-21-7-4-5-9-27(21)29-15-22(10-11-28(29)31(37)35-30(12-14-41-3)32(38)39-2)19-36-13-6-8-25(36)20-40-26-17-23(33)16-24(34)18-26/h4-5,7,9-11,15-18,25,30H,6,8,12-14,19-20H2,1-3H3,(H,35,37)/t25-,30-/m0/s1. The molecule has 1 aliphatic heterocycles. The van der Waals surface area contributed by atoms with Crippen molar-refractivity contribution in [2.75, 3.05) is 32.3 Å². The summed E-state index contributed by atoms with van der Waals surface area (Å²) >= 11 is 1.60. The molecule has 1 fully saturated rings. The monoisotopic (exact) mass is 582 g/mol. The molecule has 1 aliphatic rings. The molecule has 1 N–H and O–H groups in total. The first-order valence-corrected chi connectivity index (χ1v) is 15.1. The fourth-order valence-electron chi connectivity index (χ4n) is 5.18. The lowest BCUT2D eigenvalue weighted by atomic mass is 9.93. The number of esters is 1. The van der Waals surface area contributed by atoms with E-state index in [1.165, 1.54) is 19.2 Å². The number of halogens is 2. The third-order valence-electron chi connectivity index (χ3n) is 7.33. The van der Waals surface area contributed by atoms with E-state index in [1.807, 2.05) is 55.6 Å². The number of hydrogen-bond acceptors (Lipinski definition) is 6. The Morgan fingerprint density at radius 2 is 1.83 bits per heavy atom. The number of benzene rings is 3. The van der Waals surface area contributed by atoms with Crippen molar-refractivity contribution in [3.8, 4) is 16.9 Å². The molecular weight excluding hydrogens is 546 g/mol. The van der Waals surface area contributed by atoms with Gasteiger partial charge in [0.1, 0.15) is 30.0 Å². The van der Waals surface area contributed by atoms with E-state index in [9.17, 15) is 18.4 Å². The van der Waals surface area contributed by atoms with Crippen LogP contribution in [0.2, 0.25) is 0 Å². The minimum atomic E-state index is -0.735. The van der Waals surface area contributed by atoms with Gasteiger partial charge in [-0.1, -0.05) is 30.3 Å². The molecule has 2 atom stereocenters. The molecule has 1 heterocycles. The highest BCUT2D eigenvalue weighted by atomic mass is 32.2. The molecule has 6 nitrogen and oxygen atoms in total. The van der Waals surface area contributed by atoms with Crippen molar-refractivity contribution in [3.63, 3.8) is 0 Å². The smallest absolute Gasteiger partial charge is 0.328 e. The first-order valence-electron chi connectivity index (χ1n) is 13.7. The maximum atomic E-state index is 13.6. The van der Waals surface area contributed by atoms with Crippen LogP contribution in [0.25, 0.3) is 11.1 Å². The van der Waals surface area contributed by atoms with Gasteiger partial charge in [-0.05, 0) is 79.1 Å². The van der Waals surface area contributed by atoms with E-state index in [4.69, 9.17) is 9.47 Å². The lowest BCUT2D eigenvalue weighted by Crippen LogP contribution is -2.42. The van der Waals surface area contributed by atoms with Crippen LogP contribution in [0, 0.1) is 18.6 Å². The highest BCUT2D eigenvalue weighted by Crippen LogP contribution is 2.30. The minimum absolute atomic E-state index is 0.0865. The highest BCUT2D eigenvalue weighted by Gasteiger charge is 2.27. The summed E-state index contributed by atoms with van der Waals surface area (Å²) < 4.78 is 37.9. The number of methoxy groups -OCH3 is 1. The summed E-state index contributed by atoms with van der Waals surface area (Å²) in [5.41, 5.74) is 4.26. The van der Waals surface area contributed by atoms with Crippen LogP contribution >= 0.6 is 11.8 Å². The molecule has 3 aromatic carbocycles. The van der Waals surface area contributed by atoms with Crippen LogP contribution in [0.3, 0.4) is 0 Å². The minimum Gasteiger partial charge on any atom is -0.492 e. The third-order valence-corrected chi connectivity index (χ3v) is 7.97. The van der Waals surface area contributed by atoms with Crippen molar-refractivity contribution in [1.29, 1.82) is 0 Å². The fraction of sp³-hybridized carbons (Fsp3) is 0.375. The van der Waals surface area contributed by atoms with E-state index in [0.717, 1.165) is 47.7 Å². The molecule has 0 spiro atoms. The predicted molar refractivity (Wildman–Crippen MR) is 158 cm³/mol. The molecule has 3 aromatic rings. The van der Waals surface area contributed by atoms with Gasteiger partial charge in [0.15, 0.2) is 0 Å². The van der Waals surface area contributed by atoms with E-state index in [1.54, 1.807) is 11.8 Å². The van der Waals surface area contributed by atoms with Crippen molar-refractivity contribution in [3.05, 3.63) is 89.0 Å². The molecule has 9 heteroatoms. The Hall–Kier alpha value is -3.43. The average molecular weight is 583 g/mol. The first kappa shape index (κ1) is 30.5. The zero-order valence-corrected chi connectivity index (χ0v) is 24.4. The number of carbonyl (C=O) groups is 2. The summed E-state index contributed by atoms with van der Waals surface area (Å²) in [6.07, 6.45) is 4.32. The van der Waals surface area contributed by atoms with Crippen molar-refractivity contribution < 1.29 is 27.8 Å². The molecule has 1 amide bonds. The van der Waals surface area contributed by atoms with Crippen LogP contribution in [-0.2, 0) is 16.1 Å². The van der Waals surface area contributed by atoms with Crippen LogP contribution in [0.4, 0.5) is 8.78 Å². The van der Waals surface area contributed by atoms with E-state index in [-0.39, 0.29) is 17.7 Å². The van der Waals surface area contributed by atoms with Crippen molar-refractivity contribution in [2.45, 2.75) is 44.8 Å². The maximum absolute atomic E-state index is 13.6. The van der Waals surface area contributed by atoms with E-state index < -0.39 is 23.6 Å². The summed E-state index contributed by atoms with van der Waals surface area (Å²) in [5.74, 6) is -1.25. The normalized spacial score (nSPS) is 15.9. The Morgan fingerprint density at radius 3 is 2.54 bits per heavy atom.